The van der Waals surface area contributed by atoms with Gasteiger partial charge >= 0.3 is 0 Å². The number of nitrogens with two attached hydrogens (primary N) is 1. The van der Waals surface area contributed by atoms with Crippen molar-refractivity contribution in [2.24, 2.45) is 0 Å². The quantitative estimate of drug-likeness (QED) is 0.807. The fraction of sp³-hybridized carbons (Fsp3) is 0.700. The van der Waals surface area contributed by atoms with Gasteiger partial charge in [-0.15, -0.1) is 0 Å². The first-order valence-corrected chi connectivity index (χ1v) is 5.24. The molecular weight excluding hydrogens is 194 g/mol. The van der Waals surface area contributed by atoms with Gasteiger partial charge < -0.3 is 15.2 Å². The van der Waals surface area contributed by atoms with E-state index in [1.54, 1.807) is 10.9 Å². The molecule has 2 N–H and O–H groups in total. The Bertz CT molecular complexity index is 318. The molecule has 1 aromatic heterocycles. The molecule has 0 spiro atoms. The molecule has 1 aliphatic heterocycles. The van der Waals surface area contributed by atoms with Crippen molar-refractivity contribution in [1.82, 2.24) is 9.78 Å². The highest BCUT2D eigenvalue weighted by molar-refractivity contribution is 5.39. The normalized spacial score (nSPS) is 18.2. The van der Waals surface area contributed by atoms with Crippen molar-refractivity contribution in [3.05, 3.63) is 11.9 Å². The Morgan fingerprint density at radius 3 is 2.93 bits per heavy atom. The summed E-state index contributed by atoms with van der Waals surface area (Å²) < 4.78 is 12.8. The fourth-order valence-electron chi connectivity index (χ4n) is 1.61. The standard InChI is InChI=1S/C10H17N3O2/c1-8-10(11)6-12-13(8)7-15-9-2-4-14-5-3-9/h6,9H,2-5,7,11H2,1H3. The van der Waals surface area contributed by atoms with Crippen molar-refractivity contribution < 1.29 is 9.47 Å². The van der Waals surface area contributed by atoms with Gasteiger partial charge in [0.25, 0.3) is 0 Å². The van der Waals surface area contributed by atoms with Gasteiger partial charge in [0.05, 0.1) is 23.7 Å². The van der Waals surface area contributed by atoms with Crippen LogP contribution in [-0.4, -0.2) is 29.1 Å². The number of ether oxygens (including phenoxy) is 2. The Hall–Kier alpha value is -1.07. The minimum Gasteiger partial charge on any atom is -0.396 e. The van der Waals surface area contributed by atoms with E-state index < -0.39 is 0 Å². The van der Waals surface area contributed by atoms with E-state index in [-0.39, 0.29) is 0 Å². The summed E-state index contributed by atoms with van der Waals surface area (Å²) in [5.74, 6) is 0. The largest absolute Gasteiger partial charge is 0.396 e. The third-order valence-electron chi connectivity index (χ3n) is 2.74. The van der Waals surface area contributed by atoms with Crippen LogP contribution in [-0.2, 0) is 16.2 Å². The molecule has 1 fully saturated rings. The summed E-state index contributed by atoms with van der Waals surface area (Å²) >= 11 is 0. The van der Waals surface area contributed by atoms with Crippen molar-refractivity contribution in [1.29, 1.82) is 0 Å². The second-order valence-corrected chi connectivity index (χ2v) is 3.79. The van der Waals surface area contributed by atoms with E-state index >= 15 is 0 Å². The van der Waals surface area contributed by atoms with Crippen LogP contribution in [0.2, 0.25) is 0 Å². The fourth-order valence-corrected chi connectivity index (χ4v) is 1.61. The van der Waals surface area contributed by atoms with Crippen molar-refractivity contribution in [2.75, 3.05) is 18.9 Å². The summed E-state index contributed by atoms with van der Waals surface area (Å²) in [6.07, 6.45) is 3.89. The van der Waals surface area contributed by atoms with Crippen LogP contribution < -0.4 is 5.73 Å². The predicted octanol–water partition coefficient (Wildman–Crippen LogP) is 0.927. The molecule has 5 heteroatoms. The van der Waals surface area contributed by atoms with Gasteiger partial charge in [-0.1, -0.05) is 0 Å². The summed E-state index contributed by atoms with van der Waals surface area (Å²) in [4.78, 5) is 0. The van der Waals surface area contributed by atoms with E-state index in [0.29, 0.717) is 18.5 Å². The van der Waals surface area contributed by atoms with Crippen LogP contribution in [0.4, 0.5) is 5.69 Å². The Labute approximate surface area is 89.2 Å². The first-order valence-electron chi connectivity index (χ1n) is 5.24. The zero-order valence-corrected chi connectivity index (χ0v) is 8.98. The summed E-state index contributed by atoms with van der Waals surface area (Å²) in [5.41, 5.74) is 7.36. The lowest BCUT2D eigenvalue weighted by Gasteiger charge is -2.22. The van der Waals surface area contributed by atoms with Gasteiger partial charge in [-0.25, -0.2) is 4.68 Å². The molecule has 1 aliphatic rings. The minimum absolute atomic E-state index is 0.295. The molecule has 2 rings (SSSR count). The molecule has 0 atom stereocenters. The second-order valence-electron chi connectivity index (χ2n) is 3.79. The van der Waals surface area contributed by atoms with Crippen molar-refractivity contribution >= 4 is 5.69 Å². The second kappa shape index (κ2) is 4.63. The number of nitrogen functional groups attached to an aromatic ring is 1. The van der Waals surface area contributed by atoms with Crippen LogP contribution in [0, 0.1) is 6.92 Å². The lowest BCUT2D eigenvalue weighted by Crippen LogP contribution is -2.24. The number of anilines is 1. The lowest BCUT2D eigenvalue weighted by atomic mass is 10.2. The summed E-state index contributed by atoms with van der Waals surface area (Å²) in [5, 5.41) is 4.14. The summed E-state index contributed by atoms with van der Waals surface area (Å²) in [6, 6.07) is 0. The molecule has 0 amide bonds. The molecule has 15 heavy (non-hydrogen) atoms. The molecule has 0 saturated carbocycles. The van der Waals surface area contributed by atoms with Crippen LogP contribution >= 0.6 is 0 Å². The smallest absolute Gasteiger partial charge is 0.140 e. The van der Waals surface area contributed by atoms with E-state index in [2.05, 4.69) is 5.10 Å². The average molecular weight is 211 g/mol. The number of hydrogen-bond acceptors (Lipinski definition) is 4. The topological polar surface area (TPSA) is 62.3 Å². The molecular formula is C10H17N3O2. The maximum Gasteiger partial charge on any atom is 0.140 e. The Balaban J connectivity index is 1.84. The number of aromatic nitrogens is 2. The predicted molar refractivity (Wildman–Crippen MR) is 56.3 cm³/mol. The number of hydrogen-bond donors (Lipinski definition) is 1. The van der Waals surface area contributed by atoms with Gasteiger partial charge in [-0.2, -0.15) is 5.10 Å². The third kappa shape index (κ3) is 2.49. The van der Waals surface area contributed by atoms with Gasteiger partial charge in [0, 0.05) is 13.2 Å². The van der Waals surface area contributed by atoms with Crippen molar-refractivity contribution in [3.63, 3.8) is 0 Å². The van der Waals surface area contributed by atoms with Gasteiger partial charge in [0.1, 0.15) is 6.73 Å². The van der Waals surface area contributed by atoms with E-state index in [4.69, 9.17) is 15.2 Å². The van der Waals surface area contributed by atoms with E-state index in [0.717, 1.165) is 31.7 Å². The zero-order valence-electron chi connectivity index (χ0n) is 8.98. The SMILES string of the molecule is Cc1c(N)cnn1COC1CCOCC1. The van der Waals surface area contributed by atoms with Crippen LogP contribution in [0.1, 0.15) is 18.5 Å². The molecule has 5 nitrogen and oxygen atoms in total. The van der Waals surface area contributed by atoms with Crippen LogP contribution in [0.3, 0.4) is 0 Å². The zero-order chi connectivity index (χ0) is 10.7. The Morgan fingerprint density at radius 1 is 1.60 bits per heavy atom. The molecule has 0 bridgehead atoms. The highest BCUT2D eigenvalue weighted by Crippen LogP contribution is 2.13. The van der Waals surface area contributed by atoms with Crippen LogP contribution in [0.15, 0.2) is 6.20 Å². The summed E-state index contributed by atoms with van der Waals surface area (Å²) in [6.45, 7) is 4.01. The highest BCUT2D eigenvalue weighted by Gasteiger charge is 2.14. The molecule has 1 aromatic rings. The molecule has 1 saturated heterocycles. The number of rotatable bonds is 3. The van der Waals surface area contributed by atoms with Crippen molar-refractivity contribution in [2.45, 2.75) is 32.6 Å². The van der Waals surface area contributed by atoms with Crippen LogP contribution in [0.5, 0.6) is 0 Å². The molecule has 0 aromatic carbocycles. The Kier molecular flexibility index (Phi) is 3.23. The first kappa shape index (κ1) is 10.4. The minimum atomic E-state index is 0.295. The highest BCUT2D eigenvalue weighted by atomic mass is 16.5. The van der Waals surface area contributed by atoms with Gasteiger partial charge in [-0.3, -0.25) is 0 Å². The van der Waals surface area contributed by atoms with Gasteiger partial charge in [0.15, 0.2) is 0 Å². The molecule has 84 valence electrons. The average Bonchev–Trinajstić information content (AvgIpc) is 2.59. The van der Waals surface area contributed by atoms with Crippen LogP contribution in [0.25, 0.3) is 0 Å². The molecule has 0 radical (unpaired) electrons. The Morgan fingerprint density at radius 2 is 2.33 bits per heavy atom. The van der Waals surface area contributed by atoms with E-state index in [1.165, 1.54) is 0 Å². The molecule has 0 unspecified atom stereocenters. The molecule has 0 aliphatic carbocycles. The van der Waals surface area contributed by atoms with E-state index in [1.807, 2.05) is 6.92 Å². The van der Waals surface area contributed by atoms with Gasteiger partial charge in [0.2, 0.25) is 0 Å². The monoisotopic (exact) mass is 211 g/mol. The molecule has 2 heterocycles. The van der Waals surface area contributed by atoms with Gasteiger partial charge in [-0.05, 0) is 19.8 Å². The lowest BCUT2D eigenvalue weighted by molar-refractivity contribution is -0.0604. The maximum absolute atomic E-state index is 5.73. The number of nitrogens with zero attached hydrogens (tertiary/aromatic N) is 2. The maximum atomic E-state index is 5.73. The summed E-state index contributed by atoms with van der Waals surface area (Å²) in [7, 11) is 0. The van der Waals surface area contributed by atoms with Crippen molar-refractivity contribution in [3.8, 4) is 0 Å². The third-order valence-corrected chi connectivity index (χ3v) is 2.74. The van der Waals surface area contributed by atoms with E-state index in [9.17, 15) is 0 Å². The first-order chi connectivity index (χ1) is 7.27.